The molecule has 1 amide bonds. The number of hydrogen-bond acceptors (Lipinski definition) is 5. The molecule has 0 N–H and O–H groups in total. The summed E-state index contributed by atoms with van der Waals surface area (Å²) in [6, 6.07) is 5.78. The molecule has 0 atom stereocenters. The highest BCUT2D eigenvalue weighted by atomic mass is 32.1. The summed E-state index contributed by atoms with van der Waals surface area (Å²) in [5.41, 5.74) is 9.27. The highest BCUT2D eigenvalue weighted by Crippen LogP contribution is 2.24. The molecule has 0 aliphatic heterocycles. The summed E-state index contributed by atoms with van der Waals surface area (Å²) < 4.78 is 0. The van der Waals surface area contributed by atoms with Crippen molar-refractivity contribution in [3.63, 3.8) is 0 Å². The normalized spacial score (nSPS) is 9.68. The maximum absolute atomic E-state index is 11.3. The predicted molar refractivity (Wildman–Crippen MR) is 67.7 cm³/mol. The van der Waals surface area contributed by atoms with Gasteiger partial charge in [-0.1, -0.05) is 0 Å². The van der Waals surface area contributed by atoms with Crippen molar-refractivity contribution in [2.45, 2.75) is 0 Å². The molecule has 0 spiro atoms. The van der Waals surface area contributed by atoms with Crippen molar-refractivity contribution < 1.29 is 9.72 Å². The molecule has 2 rings (SSSR count). The summed E-state index contributed by atoms with van der Waals surface area (Å²) >= 11 is 1.04. The molecule has 19 heavy (non-hydrogen) atoms. The summed E-state index contributed by atoms with van der Waals surface area (Å²) in [5.74, 6) is -0.749. The van der Waals surface area contributed by atoms with Crippen LogP contribution in [0, 0.1) is 10.1 Å². The molecule has 8 nitrogen and oxygen atoms in total. The fourth-order valence-electron chi connectivity index (χ4n) is 1.34. The summed E-state index contributed by atoms with van der Waals surface area (Å²) in [7, 11) is 0. The Hall–Kier alpha value is -2.77. The van der Waals surface area contributed by atoms with Crippen LogP contribution in [0.15, 0.2) is 34.8 Å². The number of nitrogens with zero attached hydrogens (tertiary/aromatic N) is 5. The van der Waals surface area contributed by atoms with Crippen LogP contribution >= 0.6 is 11.3 Å². The van der Waals surface area contributed by atoms with E-state index in [-0.39, 0.29) is 10.7 Å². The van der Waals surface area contributed by atoms with Crippen molar-refractivity contribution in [3.05, 3.63) is 55.2 Å². The van der Waals surface area contributed by atoms with E-state index in [1.807, 2.05) is 0 Å². The van der Waals surface area contributed by atoms with Gasteiger partial charge < -0.3 is 0 Å². The third-order valence-corrected chi connectivity index (χ3v) is 3.03. The van der Waals surface area contributed by atoms with E-state index < -0.39 is 10.8 Å². The molecule has 2 aromatic rings. The zero-order valence-electron chi connectivity index (χ0n) is 9.26. The lowest BCUT2D eigenvalue weighted by atomic mass is 10.1. The van der Waals surface area contributed by atoms with Gasteiger partial charge in [0.25, 0.3) is 11.6 Å². The third kappa shape index (κ3) is 2.73. The van der Waals surface area contributed by atoms with Gasteiger partial charge in [-0.25, -0.2) is 4.98 Å². The quantitative estimate of drug-likeness (QED) is 0.280. The second kappa shape index (κ2) is 5.25. The van der Waals surface area contributed by atoms with Gasteiger partial charge >= 0.3 is 0 Å². The molecule has 0 saturated heterocycles. The van der Waals surface area contributed by atoms with Gasteiger partial charge in [0, 0.05) is 28.0 Å². The Balaban J connectivity index is 2.30. The van der Waals surface area contributed by atoms with E-state index in [0.29, 0.717) is 11.3 Å². The molecule has 0 radical (unpaired) electrons. The van der Waals surface area contributed by atoms with Gasteiger partial charge in [-0.2, -0.15) is 0 Å². The Labute approximate surface area is 110 Å². The first kappa shape index (κ1) is 12.7. The Morgan fingerprint density at radius 1 is 1.42 bits per heavy atom. The second-order valence-electron chi connectivity index (χ2n) is 3.34. The minimum atomic E-state index is -0.749. The van der Waals surface area contributed by atoms with Crippen LogP contribution in [0.5, 0.6) is 0 Å². The monoisotopic (exact) mass is 275 g/mol. The van der Waals surface area contributed by atoms with Crippen LogP contribution in [0.3, 0.4) is 0 Å². The van der Waals surface area contributed by atoms with Crippen LogP contribution in [0.25, 0.3) is 21.7 Å². The van der Waals surface area contributed by atoms with Crippen LogP contribution in [0.2, 0.25) is 0 Å². The fraction of sp³-hybridized carbons (Fsp3) is 0. The number of rotatable bonds is 3. The van der Waals surface area contributed by atoms with E-state index in [2.05, 4.69) is 15.0 Å². The van der Waals surface area contributed by atoms with E-state index in [1.165, 1.54) is 24.3 Å². The summed E-state index contributed by atoms with van der Waals surface area (Å²) in [4.78, 5) is 27.7. The number of azide groups is 1. The van der Waals surface area contributed by atoms with E-state index in [0.717, 1.165) is 11.3 Å². The molecule has 1 heterocycles. The van der Waals surface area contributed by atoms with E-state index in [1.54, 1.807) is 5.38 Å². The SMILES string of the molecule is [N-]=[N+]=NC(=O)c1nc(-c2ccc([N+](=O)[O-])cc2)cs1. The average Bonchev–Trinajstić information content (AvgIpc) is 2.89. The molecule has 0 saturated carbocycles. The number of benzene rings is 1. The second-order valence-corrected chi connectivity index (χ2v) is 4.19. The molecule has 0 fully saturated rings. The fourth-order valence-corrected chi connectivity index (χ4v) is 2.05. The van der Waals surface area contributed by atoms with Gasteiger partial charge in [-0.3, -0.25) is 14.9 Å². The largest absolute Gasteiger partial charge is 0.284 e. The number of amides is 1. The molecule has 0 bridgehead atoms. The number of hydrogen-bond donors (Lipinski definition) is 0. The van der Waals surface area contributed by atoms with Crippen molar-refractivity contribution in [1.29, 1.82) is 0 Å². The number of thiazole rings is 1. The molecule has 1 aromatic heterocycles. The van der Waals surface area contributed by atoms with Gasteiger partial charge in [0.1, 0.15) is 0 Å². The molecule has 0 aliphatic rings. The molecule has 0 aliphatic carbocycles. The lowest BCUT2D eigenvalue weighted by Crippen LogP contribution is -1.92. The van der Waals surface area contributed by atoms with E-state index in [9.17, 15) is 14.9 Å². The lowest BCUT2D eigenvalue weighted by molar-refractivity contribution is -0.384. The molecule has 0 unspecified atom stereocenters. The van der Waals surface area contributed by atoms with Gasteiger partial charge in [-0.05, 0) is 22.8 Å². The standard InChI is InChI=1S/C10H5N5O3S/c11-14-13-9(16)10-12-8(5-19-10)6-1-3-7(4-2-6)15(17)18/h1-5H. The highest BCUT2D eigenvalue weighted by Gasteiger charge is 2.11. The molecular weight excluding hydrogens is 270 g/mol. The molecule has 9 heteroatoms. The number of carbonyl (C=O) groups is 1. The van der Waals surface area contributed by atoms with Crippen molar-refractivity contribution in [1.82, 2.24) is 4.98 Å². The van der Waals surface area contributed by atoms with Crippen molar-refractivity contribution in [2.24, 2.45) is 5.11 Å². The molecular formula is C10H5N5O3S. The number of nitro groups is 1. The first-order valence-corrected chi connectivity index (χ1v) is 5.79. The number of nitro benzene ring substituents is 1. The smallest absolute Gasteiger partial charge is 0.277 e. The molecule has 94 valence electrons. The number of aromatic nitrogens is 1. The van der Waals surface area contributed by atoms with Crippen molar-refractivity contribution in [3.8, 4) is 11.3 Å². The van der Waals surface area contributed by atoms with E-state index >= 15 is 0 Å². The maximum Gasteiger partial charge on any atom is 0.277 e. The minimum absolute atomic E-state index is 0.0237. The van der Waals surface area contributed by atoms with Gasteiger partial charge in [-0.15, -0.1) is 11.3 Å². The number of carbonyl (C=O) groups excluding carboxylic acids is 1. The Morgan fingerprint density at radius 3 is 2.68 bits per heavy atom. The Kier molecular flexibility index (Phi) is 3.51. The minimum Gasteiger partial charge on any atom is -0.284 e. The average molecular weight is 275 g/mol. The van der Waals surface area contributed by atoms with Gasteiger partial charge in [0.15, 0.2) is 5.01 Å². The van der Waals surface area contributed by atoms with Gasteiger partial charge in [0.05, 0.1) is 10.6 Å². The lowest BCUT2D eigenvalue weighted by Gasteiger charge is -1.95. The maximum atomic E-state index is 11.3. The highest BCUT2D eigenvalue weighted by molar-refractivity contribution is 7.12. The first-order chi connectivity index (χ1) is 9.11. The van der Waals surface area contributed by atoms with Crippen LogP contribution in [0.1, 0.15) is 9.80 Å². The van der Waals surface area contributed by atoms with Crippen LogP contribution in [0.4, 0.5) is 5.69 Å². The van der Waals surface area contributed by atoms with Crippen LogP contribution < -0.4 is 0 Å². The van der Waals surface area contributed by atoms with Crippen molar-refractivity contribution >= 4 is 22.9 Å². The molecule has 1 aromatic carbocycles. The van der Waals surface area contributed by atoms with Crippen LogP contribution in [-0.4, -0.2) is 15.8 Å². The van der Waals surface area contributed by atoms with E-state index in [4.69, 9.17) is 5.53 Å². The first-order valence-electron chi connectivity index (χ1n) is 4.91. The number of non-ortho nitro benzene ring substituents is 1. The zero-order chi connectivity index (χ0) is 13.8. The summed E-state index contributed by atoms with van der Waals surface area (Å²) in [6.45, 7) is 0. The Morgan fingerprint density at radius 2 is 2.11 bits per heavy atom. The van der Waals surface area contributed by atoms with Gasteiger partial charge in [0.2, 0.25) is 0 Å². The Bertz CT molecular complexity index is 687. The third-order valence-electron chi connectivity index (χ3n) is 2.20. The predicted octanol–water partition coefficient (Wildman–Crippen LogP) is 3.17. The summed E-state index contributed by atoms with van der Waals surface area (Å²) in [6.07, 6.45) is 0. The van der Waals surface area contributed by atoms with Crippen LogP contribution in [-0.2, 0) is 0 Å². The topological polar surface area (TPSA) is 122 Å². The summed E-state index contributed by atoms with van der Waals surface area (Å²) in [5, 5.41) is 15.1. The zero-order valence-corrected chi connectivity index (χ0v) is 10.1. The van der Waals surface area contributed by atoms with Crippen molar-refractivity contribution in [2.75, 3.05) is 0 Å².